The molecule has 1 atom stereocenters. The average Bonchev–Trinajstić information content (AvgIpc) is 3.94. The summed E-state index contributed by atoms with van der Waals surface area (Å²) in [5, 5.41) is 21.8. The lowest BCUT2D eigenvalue weighted by molar-refractivity contribution is -0.131. The molecule has 0 spiro atoms. The Kier molecular flexibility index (Phi) is 13.3. The van der Waals surface area contributed by atoms with Crippen LogP contribution in [-0.2, 0) is 56.0 Å². The molecule has 2 saturated heterocycles. The number of ether oxygens (including phenoxy) is 2. The molecule has 0 unspecified atom stereocenters. The molecule has 74 heavy (non-hydrogen) atoms. The summed E-state index contributed by atoms with van der Waals surface area (Å²) in [7, 11) is 3.66. The predicted molar refractivity (Wildman–Crippen MR) is 278 cm³/mol. The smallest absolute Gasteiger partial charge is 0.265 e. The highest BCUT2D eigenvalue weighted by Gasteiger charge is 2.36. The second kappa shape index (κ2) is 20.2. The topological polar surface area (TPSA) is 141 Å². The number of fused-ring (bicyclic) bond motifs is 5. The lowest BCUT2D eigenvalue weighted by Crippen LogP contribution is -2.51. The number of carbonyl (C=O) groups excluding carboxylic acids is 2. The maximum absolute atomic E-state index is 15.9. The van der Waals surface area contributed by atoms with E-state index in [1.165, 1.54) is 24.1 Å². The van der Waals surface area contributed by atoms with E-state index in [0.717, 1.165) is 67.8 Å². The van der Waals surface area contributed by atoms with Crippen LogP contribution in [0.25, 0.3) is 38.8 Å². The molecular formula is C58H60F2N8O6. The fourth-order valence-corrected chi connectivity index (χ4v) is 11.8. The van der Waals surface area contributed by atoms with Gasteiger partial charge in [-0.25, -0.2) is 8.78 Å². The predicted octanol–water partition coefficient (Wildman–Crippen LogP) is 7.54. The largest absolute Gasteiger partial charge is 0.508 e. The maximum Gasteiger partial charge on any atom is 0.265 e. The minimum absolute atomic E-state index is 0.0480. The maximum atomic E-state index is 15.9. The van der Waals surface area contributed by atoms with Crippen molar-refractivity contribution in [3.63, 3.8) is 0 Å². The molecule has 7 aromatic rings. The number of nitriles is 1. The lowest BCUT2D eigenvalue weighted by atomic mass is 9.89. The Morgan fingerprint density at radius 2 is 1.58 bits per heavy atom. The number of pyridine rings is 1. The third kappa shape index (κ3) is 9.00. The number of benzene rings is 4. The van der Waals surface area contributed by atoms with Gasteiger partial charge in [0.15, 0.2) is 11.6 Å². The Morgan fingerprint density at radius 1 is 0.824 bits per heavy atom. The fraction of sp³-hybridized carbons (Fsp3) is 0.379. The van der Waals surface area contributed by atoms with Gasteiger partial charge < -0.3 is 38.4 Å². The zero-order valence-corrected chi connectivity index (χ0v) is 42.1. The molecular weight excluding hydrogens is 943 g/mol. The van der Waals surface area contributed by atoms with Crippen molar-refractivity contribution >= 4 is 33.6 Å². The molecule has 4 aliphatic rings. The molecule has 4 aliphatic heterocycles. The van der Waals surface area contributed by atoms with E-state index in [4.69, 9.17) is 9.47 Å². The molecule has 2 amide bonds. The van der Waals surface area contributed by atoms with Crippen LogP contribution in [0, 0.1) is 29.9 Å². The number of aromatic nitrogens is 3. The van der Waals surface area contributed by atoms with Crippen molar-refractivity contribution in [1.29, 1.82) is 5.26 Å². The monoisotopic (exact) mass is 1000 g/mol. The SMILES string of the molecule is Cc1c2c(c(C#N)n1C)c1c(cc(-c3cc4c(cc3C(=O)N3Cc5ccccc5C[C@H]3CN3CCCCC3)CN(C(=O)Cc3cc(F)c(OCCN5CCOCC5)cc3F)CC4)n1C)c(=O)n2-c1ccc(O)cc1. The van der Waals surface area contributed by atoms with E-state index in [-0.39, 0.29) is 60.1 Å². The summed E-state index contributed by atoms with van der Waals surface area (Å²) in [6.45, 7) is 8.81. The summed E-state index contributed by atoms with van der Waals surface area (Å²) in [6, 6.07) is 24.7. The van der Waals surface area contributed by atoms with Gasteiger partial charge in [0.2, 0.25) is 5.91 Å². The number of carbonyl (C=O) groups is 2. The summed E-state index contributed by atoms with van der Waals surface area (Å²) in [5.41, 5.74) is 7.90. The third-order valence-corrected chi connectivity index (χ3v) is 16.0. The Labute approximate surface area is 428 Å². The second-order valence-corrected chi connectivity index (χ2v) is 20.3. The number of hydrogen-bond donors (Lipinski definition) is 1. The third-order valence-electron chi connectivity index (χ3n) is 16.0. The normalized spacial score (nSPS) is 17.4. The molecule has 2 fully saturated rings. The van der Waals surface area contributed by atoms with Gasteiger partial charge in [-0.05, 0) is 116 Å². The Morgan fingerprint density at radius 3 is 2.34 bits per heavy atom. The van der Waals surface area contributed by atoms with E-state index in [0.29, 0.717) is 108 Å². The number of morpholine rings is 1. The molecule has 11 rings (SSSR count). The first-order chi connectivity index (χ1) is 35.9. The number of likely N-dealkylation sites (tertiary alicyclic amines) is 1. The molecule has 0 radical (unpaired) electrons. The van der Waals surface area contributed by atoms with Crippen molar-refractivity contribution in [2.75, 3.05) is 65.6 Å². The number of piperidine rings is 1. The first-order valence-electron chi connectivity index (χ1n) is 25.7. The van der Waals surface area contributed by atoms with Gasteiger partial charge in [-0.3, -0.25) is 23.9 Å². The van der Waals surface area contributed by atoms with Gasteiger partial charge >= 0.3 is 0 Å². The molecule has 0 bridgehead atoms. The standard InChI is InChI=1S/C58H60F2N8O6/c1-36-55-54(51(32-61)62(36)2)56-47(58(72)68(55)42-11-13-44(69)14-12-42)30-50(63(56)3)45-26-38-15-18-66(53(70)29-40-28-49(60)52(31-48(40)59)74-24-21-64-19-22-73-23-20-64)33-41(38)27-46(45)57(71)67-34-39-10-6-5-9-37(39)25-43(67)35-65-16-7-4-8-17-65/h5-6,9-14,26-28,30-31,43,69H,4,7-8,15-25,29,33-35H2,1-3H3/t43-/m0/s1. The van der Waals surface area contributed by atoms with Gasteiger partial charge in [-0.15, -0.1) is 0 Å². The molecule has 14 nitrogen and oxygen atoms in total. The van der Waals surface area contributed by atoms with Crippen molar-refractivity contribution in [2.24, 2.45) is 14.1 Å². The van der Waals surface area contributed by atoms with E-state index in [2.05, 4.69) is 28.0 Å². The summed E-state index contributed by atoms with van der Waals surface area (Å²) in [6.07, 6.45) is 4.14. The number of rotatable bonds is 11. The number of phenols is 1. The Bertz CT molecular complexity index is 3450. The number of hydrogen-bond acceptors (Lipinski definition) is 9. The first-order valence-corrected chi connectivity index (χ1v) is 25.7. The van der Waals surface area contributed by atoms with Gasteiger partial charge in [-0.1, -0.05) is 30.7 Å². The van der Waals surface area contributed by atoms with Gasteiger partial charge in [0, 0.05) is 106 Å². The van der Waals surface area contributed by atoms with E-state index in [9.17, 15) is 15.2 Å². The minimum Gasteiger partial charge on any atom is -0.508 e. The van der Waals surface area contributed by atoms with Crippen LogP contribution in [-0.4, -0.2) is 122 Å². The van der Waals surface area contributed by atoms with Crippen LogP contribution in [0.15, 0.2) is 83.7 Å². The van der Waals surface area contributed by atoms with Crippen LogP contribution in [0.3, 0.4) is 0 Å². The van der Waals surface area contributed by atoms with E-state index >= 15 is 18.4 Å². The molecule has 3 aromatic heterocycles. The molecule has 0 aliphatic carbocycles. The van der Waals surface area contributed by atoms with Crippen LogP contribution >= 0.6 is 0 Å². The number of phenolic OH excluding ortho intramolecular Hbond substituents is 1. The Hall–Kier alpha value is -7.32. The molecule has 0 saturated carbocycles. The molecule has 382 valence electrons. The van der Waals surface area contributed by atoms with E-state index in [1.807, 2.05) is 53.8 Å². The highest BCUT2D eigenvalue weighted by Crippen LogP contribution is 2.40. The Balaban J connectivity index is 0.989. The number of halogens is 2. The van der Waals surface area contributed by atoms with Crippen LogP contribution < -0.4 is 10.3 Å². The number of aryl methyl sites for hydroxylation is 2. The second-order valence-electron chi connectivity index (χ2n) is 20.3. The molecule has 1 N–H and O–H groups in total. The molecule has 16 heteroatoms. The number of nitrogens with zero attached hydrogens (tertiary/aromatic N) is 8. The van der Waals surface area contributed by atoms with E-state index < -0.39 is 11.6 Å². The van der Waals surface area contributed by atoms with Crippen LogP contribution in [0.4, 0.5) is 8.78 Å². The van der Waals surface area contributed by atoms with Crippen molar-refractivity contribution in [2.45, 2.75) is 64.6 Å². The van der Waals surface area contributed by atoms with Crippen LogP contribution in [0.5, 0.6) is 11.5 Å². The average molecular weight is 1000 g/mol. The van der Waals surface area contributed by atoms with E-state index in [1.54, 1.807) is 33.2 Å². The summed E-state index contributed by atoms with van der Waals surface area (Å²) >= 11 is 0. The van der Waals surface area contributed by atoms with Gasteiger partial charge in [0.25, 0.3) is 11.5 Å². The summed E-state index contributed by atoms with van der Waals surface area (Å²) < 4.78 is 47.4. The van der Waals surface area contributed by atoms with Crippen LogP contribution in [0.1, 0.15) is 68.8 Å². The summed E-state index contributed by atoms with van der Waals surface area (Å²) in [4.78, 5) is 53.2. The minimum atomic E-state index is -0.741. The highest BCUT2D eigenvalue weighted by atomic mass is 19.1. The van der Waals surface area contributed by atoms with Crippen molar-refractivity contribution in [3.05, 3.63) is 146 Å². The van der Waals surface area contributed by atoms with Crippen molar-refractivity contribution < 1.29 is 33.0 Å². The van der Waals surface area contributed by atoms with Gasteiger partial charge in [0.1, 0.15) is 29.9 Å². The fourth-order valence-electron chi connectivity index (χ4n) is 11.8. The zero-order valence-electron chi connectivity index (χ0n) is 42.1. The van der Waals surface area contributed by atoms with Crippen molar-refractivity contribution in [3.8, 4) is 34.5 Å². The number of amides is 2. The summed E-state index contributed by atoms with van der Waals surface area (Å²) in [5.74, 6) is -2.19. The van der Waals surface area contributed by atoms with Gasteiger partial charge in [-0.2, -0.15) is 5.26 Å². The quantitative estimate of drug-likeness (QED) is 0.139. The first kappa shape index (κ1) is 48.9. The highest BCUT2D eigenvalue weighted by molar-refractivity contribution is 6.11. The molecule has 4 aromatic carbocycles. The number of aromatic hydroxyl groups is 1. The van der Waals surface area contributed by atoms with Crippen LogP contribution in [0.2, 0.25) is 0 Å². The molecule has 7 heterocycles. The zero-order chi connectivity index (χ0) is 51.4. The van der Waals surface area contributed by atoms with Gasteiger partial charge in [0.05, 0.1) is 41.4 Å². The van der Waals surface area contributed by atoms with Crippen molar-refractivity contribution in [1.82, 2.24) is 33.3 Å². The lowest BCUT2D eigenvalue weighted by Gasteiger charge is -2.41.